The molecule has 3 aromatic rings. The van der Waals surface area contributed by atoms with Gasteiger partial charge in [-0.1, -0.05) is 29.3 Å². The lowest BCUT2D eigenvalue weighted by atomic mass is 10.1. The Morgan fingerprint density at radius 1 is 1.17 bits per heavy atom. The molecule has 36 heavy (non-hydrogen) atoms. The molecule has 3 rings (SSSR count). The van der Waals surface area contributed by atoms with Crippen LogP contribution in [0.5, 0.6) is 5.75 Å². The second kappa shape index (κ2) is 12.7. The first-order valence-electron chi connectivity index (χ1n) is 10.5. The molecule has 0 atom stereocenters. The second-order valence-corrected chi connectivity index (χ2v) is 8.35. The average Bonchev–Trinajstić information content (AvgIpc) is 2.82. The summed E-state index contributed by atoms with van der Waals surface area (Å²) >= 11 is 11.8. The third kappa shape index (κ3) is 7.44. The molecule has 0 saturated heterocycles. The van der Waals surface area contributed by atoms with Crippen LogP contribution in [0.3, 0.4) is 0 Å². The number of hydrogen-bond donors (Lipinski definition) is 2. The van der Waals surface area contributed by atoms with Gasteiger partial charge in [0.25, 0.3) is 0 Å². The Hall–Kier alpha value is -3.12. The van der Waals surface area contributed by atoms with E-state index in [2.05, 4.69) is 25.3 Å². The van der Waals surface area contributed by atoms with Crippen molar-refractivity contribution in [1.29, 1.82) is 0 Å². The molecular formula is C23H22Cl2F3N5O3. The molecule has 0 aliphatic carbocycles. The van der Waals surface area contributed by atoms with Gasteiger partial charge in [-0.15, -0.1) is 0 Å². The maximum absolute atomic E-state index is 14.6. The van der Waals surface area contributed by atoms with E-state index in [4.69, 9.17) is 27.9 Å². The SMILES string of the molecule is CN(C)C/C=C/C(=O)Nc1cc2c(Nc3ccc(Cl)c(Cl)c3F)ncnc2cc1OCCOC(F)F. The Morgan fingerprint density at radius 2 is 1.94 bits per heavy atom. The minimum absolute atomic E-state index is 0.0195. The number of benzene rings is 2. The van der Waals surface area contributed by atoms with Gasteiger partial charge < -0.3 is 25.0 Å². The molecule has 0 fully saturated rings. The zero-order chi connectivity index (χ0) is 26.2. The number of aromatic nitrogens is 2. The van der Waals surface area contributed by atoms with Crippen LogP contribution in [0.1, 0.15) is 0 Å². The fraction of sp³-hybridized carbons (Fsp3) is 0.261. The number of fused-ring (bicyclic) bond motifs is 1. The van der Waals surface area contributed by atoms with E-state index >= 15 is 0 Å². The van der Waals surface area contributed by atoms with Gasteiger partial charge in [-0.2, -0.15) is 8.78 Å². The van der Waals surface area contributed by atoms with Gasteiger partial charge in [0.1, 0.15) is 24.5 Å². The first kappa shape index (κ1) is 27.5. The predicted molar refractivity (Wildman–Crippen MR) is 133 cm³/mol. The summed E-state index contributed by atoms with van der Waals surface area (Å²) in [5, 5.41) is 5.75. The van der Waals surface area contributed by atoms with E-state index in [0.29, 0.717) is 17.4 Å². The van der Waals surface area contributed by atoms with E-state index in [-0.39, 0.29) is 46.2 Å². The van der Waals surface area contributed by atoms with E-state index in [1.807, 2.05) is 19.0 Å². The summed E-state index contributed by atoms with van der Waals surface area (Å²) in [7, 11) is 3.70. The third-order valence-corrected chi connectivity index (χ3v) is 5.39. The molecule has 2 N–H and O–H groups in total. The normalized spacial score (nSPS) is 11.6. The molecule has 192 valence electrons. The summed E-state index contributed by atoms with van der Waals surface area (Å²) in [6, 6.07) is 5.84. The van der Waals surface area contributed by atoms with Crippen molar-refractivity contribution < 1.29 is 27.4 Å². The van der Waals surface area contributed by atoms with E-state index < -0.39 is 18.3 Å². The lowest BCUT2D eigenvalue weighted by Gasteiger charge is -2.15. The molecule has 0 spiro atoms. The number of carbonyl (C=O) groups excluding carboxylic acids is 1. The van der Waals surface area contributed by atoms with Crippen molar-refractivity contribution in [3.63, 3.8) is 0 Å². The summed E-state index contributed by atoms with van der Waals surface area (Å²) in [6.45, 7) is -2.98. The molecule has 1 aromatic heterocycles. The zero-order valence-electron chi connectivity index (χ0n) is 19.2. The number of anilines is 3. The highest BCUT2D eigenvalue weighted by Crippen LogP contribution is 2.35. The molecule has 1 amide bonds. The average molecular weight is 544 g/mol. The number of halogens is 5. The third-order valence-electron chi connectivity index (χ3n) is 4.61. The van der Waals surface area contributed by atoms with Crippen molar-refractivity contribution in [3.05, 3.63) is 58.6 Å². The number of nitrogens with one attached hydrogen (secondary N) is 2. The monoisotopic (exact) mass is 543 g/mol. The van der Waals surface area contributed by atoms with Gasteiger partial charge in [-0.3, -0.25) is 4.79 Å². The minimum atomic E-state index is -2.94. The second-order valence-electron chi connectivity index (χ2n) is 7.57. The number of hydrogen-bond acceptors (Lipinski definition) is 7. The van der Waals surface area contributed by atoms with Gasteiger partial charge in [0.05, 0.1) is 33.5 Å². The highest BCUT2D eigenvalue weighted by molar-refractivity contribution is 6.42. The van der Waals surface area contributed by atoms with Crippen molar-refractivity contribution in [2.75, 3.05) is 44.5 Å². The first-order chi connectivity index (χ1) is 17.2. The van der Waals surface area contributed by atoms with Crippen molar-refractivity contribution in [1.82, 2.24) is 14.9 Å². The number of amides is 1. The van der Waals surface area contributed by atoms with E-state index in [1.54, 1.807) is 6.08 Å². The lowest BCUT2D eigenvalue weighted by Crippen LogP contribution is -2.14. The van der Waals surface area contributed by atoms with Crippen LogP contribution in [0.4, 0.5) is 30.4 Å². The summed E-state index contributed by atoms with van der Waals surface area (Å²) in [5.74, 6) is -0.843. The fourth-order valence-electron chi connectivity index (χ4n) is 2.98. The highest BCUT2D eigenvalue weighted by atomic mass is 35.5. The molecular weight excluding hydrogens is 522 g/mol. The minimum Gasteiger partial charge on any atom is -0.489 e. The molecule has 0 aliphatic rings. The fourth-order valence-corrected chi connectivity index (χ4v) is 3.30. The van der Waals surface area contributed by atoms with Crippen LogP contribution in [-0.2, 0) is 9.53 Å². The zero-order valence-corrected chi connectivity index (χ0v) is 20.7. The van der Waals surface area contributed by atoms with Crippen LogP contribution < -0.4 is 15.4 Å². The number of rotatable bonds is 11. The van der Waals surface area contributed by atoms with Crippen LogP contribution in [0, 0.1) is 5.82 Å². The maximum atomic E-state index is 14.6. The van der Waals surface area contributed by atoms with Crippen molar-refractivity contribution in [2.45, 2.75) is 6.61 Å². The van der Waals surface area contributed by atoms with Gasteiger partial charge in [-0.25, -0.2) is 14.4 Å². The topological polar surface area (TPSA) is 88.6 Å². The van der Waals surface area contributed by atoms with Crippen LogP contribution in [0.15, 0.2) is 42.7 Å². The summed E-state index contributed by atoms with van der Waals surface area (Å²) in [5.41, 5.74) is 0.608. The summed E-state index contributed by atoms with van der Waals surface area (Å²) < 4.78 is 48.9. The van der Waals surface area contributed by atoms with E-state index in [1.165, 1.54) is 36.7 Å². The molecule has 2 aromatic carbocycles. The Bertz CT molecular complexity index is 1260. The molecule has 0 radical (unpaired) electrons. The molecule has 0 unspecified atom stereocenters. The number of carbonyl (C=O) groups is 1. The largest absolute Gasteiger partial charge is 0.489 e. The van der Waals surface area contributed by atoms with E-state index in [9.17, 15) is 18.0 Å². The van der Waals surface area contributed by atoms with Crippen molar-refractivity contribution in [3.8, 4) is 5.75 Å². The summed E-state index contributed by atoms with van der Waals surface area (Å²) in [6.07, 6.45) is 4.25. The molecule has 1 heterocycles. The number of likely N-dealkylation sites (N-methyl/N-ethyl adjacent to an activating group) is 1. The van der Waals surface area contributed by atoms with Gasteiger partial charge >= 0.3 is 6.61 Å². The first-order valence-corrected chi connectivity index (χ1v) is 11.3. The van der Waals surface area contributed by atoms with Crippen LogP contribution in [0.2, 0.25) is 10.0 Å². The number of alkyl halides is 2. The Labute approximate surface area is 215 Å². The van der Waals surface area contributed by atoms with Gasteiger partial charge in [-0.05, 0) is 32.3 Å². The van der Waals surface area contributed by atoms with Crippen LogP contribution >= 0.6 is 23.2 Å². The maximum Gasteiger partial charge on any atom is 0.345 e. The van der Waals surface area contributed by atoms with Gasteiger partial charge in [0.2, 0.25) is 5.91 Å². The lowest BCUT2D eigenvalue weighted by molar-refractivity contribution is -0.133. The van der Waals surface area contributed by atoms with E-state index in [0.717, 1.165) is 0 Å². The molecule has 0 saturated carbocycles. The Balaban J connectivity index is 1.96. The standard InChI is InChI=1S/C23H22Cl2F3N5O3/c1-33(2)7-3-4-19(34)31-17-10-13-16(11-18(17)35-8-9-36-23(27)28)29-12-30-22(13)32-15-6-5-14(24)20(25)21(15)26/h3-6,10-12,23H,7-9H2,1-2H3,(H,31,34)(H,29,30,32)/b4-3+. The summed E-state index contributed by atoms with van der Waals surface area (Å²) in [4.78, 5) is 22.7. The number of nitrogens with zero attached hydrogens (tertiary/aromatic N) is 3. The number of ether oxygens (including phenoxy) is 2. The Morgan fingerprint density at radius 3 is 2.67 bits per heavy atom. The molecule has 0 bridgehead atoms. The smallest absolute Gasteiger partial charge is 0.345 e. The van der Waals surface area contributed by atoms with Gasteiger partial charge in [0, 0.05) is 24.1 Å². The highest BCUT2D eigenvalue weighted by Gasteiger charge is 2.16. The molecule has 8 nitrogen and oxygen atoms in total. The van der Waals surface area contributed by atoms with Crippen LogP contribution in [-0.4, -0.2) is 61.2 Å². The van der Waals surface area contributed by atoms with Crippen LogP contribution in [0.25, 0.3) is 10.9 Å². The van der Waals surface area contributed by atoms with Crippen molar-refractivity contribution in [2.24, 2.45) is 0 Å². The molecule has 0 aliphatic heterocycles. The van der Waals surface area contributed by atoms with Gasteiger partial charge in [0.15, 0.2) is 5.82 Å². The quantitative estimate of drug-likeness (QED) is 0.188. The Kier molecular flexibility index (Phi) is 9.71. The van der Waals surface area contributed by atoms with Crippen molar-refractivity contribution >= 4 is 57.2 Å². The predicted octanol–water partition coefficient (Wildman–Crippen LogP) is 5.49. The molecule has 13 heteroatoms.